The molecule has 0 saturated heterocycles. The van der Waals surface area contributed by atoms with E-state index >= 15 is 0 Å². The highest BCUT2D eigenvalue weighted by atomic mass is 32.2. The molecule has 154 valence electrons. The van der Waals surface area contributed by atoms with Gasteiger partial charge in [-0.15, -0.1) is 10.2 Å². The third kappa shape index (κ3) is 4.95. The van der Waals surface area contributed by atoms with Crippen molar-refractivity contribution in [3.8, 4) is 11.4 Å². The molecule has 0 aromatic carbocycles. The number of thioether (sulfide) groups is 1. The van der Waals surface area contributed by atoms with Crippen LogP contribution in [0.5, 0.6) is 0 Å². The molecule has 2 aromatic rings. The molecular weight excluding hydrogens is 388 g/mol. The van der Waals surface area contributed by atoms with Crippen molar-refractivity contribution >= 4 is 23.7 Å². The molecule has 2 N–H and O–H groups in total. The summed E-state index contributed by atoms with van der Waals surface area (Å²) in [4.78, 5) is 28.8. The molecule has 0 radical (unpaired) electrons. The van der Waals surface area contributed by atoms with Gasteiger partial charge in [0, 0.05) is 30.0 Å². The topological polar surface area (TPSA) is 102 Å². The largest absolute Gasteiger partial charge is 0.335 e. The maximum atomic E-state index is 12.5. The van der Waals surface area contributed by atoms with Gasteiger partial charge in [-0.1, -0.05) is 31.0 Å². The summed E-state index contributed by atoms with van der Waals surface area (Å²) in [6, 6.07) is 3.94. The van der Waals surface area contributed by atoms with Gasteiger partial charge in [0.05, 0.1) is 5.25 Å². The van der Waals surface area contributed by atoms with Crippen LogP contribution in [0, 0.1) is 0 Å². The van der Waals surface area contributed by atoms with E-state index in [4.69, 9.17) is 0 Å². The standard InChI is InChI=1S/C20H26N6O2S/c1-13(18(27)23-19(28)22-15-7-3-2-4-8-15)29-20-25-24-17(26(20)16-9-10-16)14-6-5-11-21-12-14/h5-6,11-13,15-16H,2-4,7-10H2,1H3,(H2,22,23,27,28)/t13-/m1/s1. The number of amides is 3. The molecule has 29 heavy (non-hydrogen) atoms. The lowest BCUT2D eigenvalue weighted by Crippen LogP contribution is -2.47. The van der Waals surface area contributed by atoms with Crippen LogP contribution in [0.15, 0.2) is 29.7 Å². The van der Waals surface area contributed by atoms with Crippen LogP contribution in [-0.2, 0) is 4.79 Å². The molecule has 9 heteroatoms. The van der Waals surface area contributed by atoms with Gasteiger partial charge in [0.15, 0.2) is 11.0 Å². The van der Waals surface area contributed by atoms with Crippen molar-refractivity contribution in [2.45, 2.75) is 74.4 Å². The van der Waals surface area contributed by atoms with Crippen LogP contribution >= 0.6 is 11.8 Å². The number of rotatable bonds is 6. The number of hydrogen-bond donors (Lipinski definition) is 2. The smallest absolute Gasteiger partial charge is 0.321 e. The first kappa shape index (κ1) is 19.9. The van der Waals surface area contributed by atoms with E-state index in [1.165, 1.54) is 18.2 Å². The van der Waals surface area contributed by atoms with E-state index in [9.17, 15) is 9.59 Å². The fourth-order valence-corrected chi connectivity index (χ4v) is 4.52. The number of nitrogens with one attached hydrogen (secondary N) is 2. The first-order valence-corrected chi connectivity index (χ1v) is 11.1. The summed E-state index contributed by atoms with van der Waals surface area (Å²) in [5.41, 5.74) is 0.905. The minimum Gasteiger partial charge on any atom is -0.335 e. The summed E-state index contributed by atoms with van der Waals surface area (Å²) >= 11 is 1.33. The molecule has 2 saturated carbocycles. The van der Waals surface area contributed by atoms with Crippen LogP contribution in [0.1, 0.15) is 57.9 Å². The molecule has 2 aliphatic carbocycles. The Bertz CT molecular complexity index is 861. The summed E-state index contributed by atoms with van der Waals surface area (Å²) in [7, 11) is 0. The van der Waals surface area contributed by atoms with E-state index in [1.54, 1.807) is 19.3 Å². The zero-order valence-corrected chi connectivity index (χ0v) is 17.3. The third-order valence-electron chi connectivity index (χ3n) is 5.32. The maximum Gasteiger partial charge on any atom is 0.321 e. The van der Waals surface area contributed by atoms with Crippen molar-refractivity contribution < 1.29 is 9.59 Å². The van der Waals surface area contributed by atoms with E-state index in [1.807, 2.05) is 12.1 Å². The van der Waals surface area contributed by atoms with Gasteiger partial charge < -0.3 is 5.32 Å². The summed E-state index contributed by atoms with van der Waals surface area (Å²) in [6.07, 6.45) is 11.1. The predicted molar refractivity (Wildman–Crippen MR) is 110 cm³/mol. The van der Waals surface area contributed by atoms with E-state index in [0.717, 1.165) is 49.9 Å². The van der Waals surface area contributed by atoms with Crippen molar-refractivity contribution in [1.82, 2.24) is 30.4 Å². The van der Waals surface area contributed by atoms with Crippen LogP contribution in [0.25, 0.3) is 11.4 Å². The van der Waals surface area contributed by atoms with Gasteiger partial charge in [-0.3, -0.25) is 19.7 Å². The van der Waals surface area contributed by atoms with Crippen molar-refractivity contribution in [1.29, 1.82) is 0 Å². The van der Waals surface area contributed by atoms with Gasteiger partial charge in [-0.05, 0) is 44.7 Å². The van der Waals surface area contributed by atoms with Gasteiger partial charge in [0.2, 0.25) is 5.91 Å². The highest BCUT2D eigenvalue weighted by Crippen LogP contribution is 2.41. The van der Waals surface area contributed by atoms with Crippen LogP contribution in [0.2, 0.25) is 0 Å². The van der Waals surface area contributed by atoms with Crippen molar-refractivity contribution in [3.63, 3.8) is 0 Å². The first-order valence-electron chi connectivity index (χ1n) is 10.2. The lowest BCUT2D eigenvalue weighted by Gasteiger charge is -2.23. The minimum atomic E-state index is -0.462. The quantitative estimate of drug-likeness (QED) is 0.703. The van der Waals surface area contributed by atoms with Crippen LogP contribution in [0.3, 0.4) is 0 Å². The summed E-state index contributed by atoms with van der Waals surface area (Å²) in [5, 5.41) is 14.3. The van der Waals surface area contributed by atoms with Gasteiger partial charge in [0.25, 0.3) is 0 Å². The van der Waals surface area contributed by atoms with E-state index < -0.39 is 11.3 Å². The normalized spacial score (nSPS) is 18.2. The van der Waals surface area contributed by atoms with Crippen LogP contribution in [-0.4, -0.2) is 43.0 Å². The Morgan fingerprint density at radius 2 is 1.97 bits per heavy atom. The minimum absolute atomic E-state index is 0.166. The highest BCUT2D eigenvalue weighted by Gasteiger charge is 2.32. The second-order valence-electron chi connectivity index (χ2n) is 7.71. The van der Waals surface area contributed by atoms with Crippen LogP contribution in [0.4, 0.5) is 4.79 Å². The molecule has 4 rings (SSSR count). The lowest BCUT2D eigenvalue weighted by atomic mass is 9.96. The molecule has 2 aliphatic rings. The Labute approximate surface area is 174 Å². The Morgan fingerprint density at radius 1 is 1.17 bits per heavy atom. The van der Waals surface area contributed by atoms with Crippen molar-refractivity contribution in [2.75, 3.05) is 0 Å². The molecule has 0 unspecified atom stereocenters. The Morgan fingerprint density at radius 3 is 2.66 bits per heavy atom. The van der Waals surface area contributed by atoms with E-state index in [0.29, 0.717) is 11.2 Å². The summed E-state index contributed by atoms with van der Waals surface area (Å²) < 4.78 is 2.09. The molecule has 2 fully saturated rings. The van der Waals surface area contributed by atoms with Crippen molar-refractivity contribution in [2.24, 2.45) is 0 Å². The molecule has 0 aliphatic heterocycles. The molecule has 1 atom stereocenters. The average molecular weight is 415 g/mol. The number of carbonyl (C=O) groups is 2. The number of imide groups is 1. The lowest BCUT2D eigenvalue weighted by molar-refractivity contribution is -0.119. The fraction of sp³-hybridized carbons (Fsp3) is 0.550. The molecule has 0 bridgehead atoms. The average Bonchev–Trinajstić information content (AvgIpc) is 3.49. The van der Waals surface area contributed by atoms with Gasteiger partial charge >= 0.3 is 6.03 Å². The molecule has 2 aromatic heterocycles. The Balaban J connectivity index is 1.39. The first-order chi connectivity index (χ1) is 14.1. The number of nitrogens with zero attached hydrogens (tertiary/aromatic N) is 4. The predicted octanol–water partition coefficient (Wildman–Crippen LogP) is 3.31. The summed E-state index contributed by atoms with van der Waals surface area (Å²) in [5.74, 6) is 0.447. The number of hydrogen-bond acceptors (Lipinski definition) is 6. The SMILES string of the molecule is C[C@@H](Sc1nnc(-c2cccnc2)n1C1CC1)C(=O)NC(=O)NC1CCCCC1. The second kappa shape index (κ2) is 8.94. The fourth-order valence-electron chi connectivity index (χ4n) is 3.60. The van der Waals surface area contributed by atoms with Crippen molar-refractivity contribution in [3.05, 3.63) is 24.5 Å². The number of carbonyl (C=O) groups excluding carboxylic acids is 2. The zero-order valence-electron chi connectivity index (χ0n) is 16.5. The molecule has 3 amide bonds. The highest BCUT2D eigenvalue weighted by molar-refractivity contribution is 8.00. The van der Waals surface area contributed by atoms with Gasteiger partial charge in [-0.2, -0.15) is 0 Å². The van der Waals surface area contributed by atoms with E-state index in [-0.39, 0.29) is 11.9 Å². The van der Waals surface area contributed by atoms with Crippen LogP contribution < -0.4 is 10.6 Å². The van der Waals surface area contributed by atoms with E-state index in [2.05, 4.69) is 30.4 Å². The molecular formula is C20H26N6O2S. The summed E-state index contributed by atoms with van der Waals surface area (Å²) in [6.45, 7) is 1.78. The number of aromatic nitrogens is 4. The maximum absolute atomic E-state index is 12.5. The molecule has 0 spiro atoms. The Kier molecular flexibility index (Phi) is 6.13. The van der Waals surface area contributed by atoms with Gasteiger partial charge in [-0.25, -0.2) is 4.79 Å². The second-order valence-corrected chi connectivity index (χ2v) is 9.01. The van der Waals surface area contributed by atoms with Gasteiger partial charge in [0.1, 0.15) is 0 Å². The Hall–Kier alpha value is -2.42. The number of pyridine rings is 1. The number of urea groups is 1. The monoisotopic (exact) mass is 414 g/mol. The third-order valence-corrected chi connectivity index (χ3v) is 6.38. The molecule has 8 nitrogen and oxygen atoms in total. The zero-order chi connectivity index (χ0) is 20.2. The molecule has 2 heterocycles.